The molecule has 0 spiro atoms. The molecule has 9 heteroatoms. The van der Waals surface area contributed by atoms with E-state index in [0.29, 0.717) is 0 Å². The van der Waals surface area contributed by atoms with Gasteiger partial charge in [-0.15, -0.1) is 0 Å². The van der Waals surface area contributed by atoms with Crippen LogP contribution in [0.3, 0.4) is 0 Å². The van der Waals surface area contributed by atoms with Gasteiger partial charge >= 0.3 is 5.97 Å². The fraction of sp³-hybridized carbons (Fsp3) is 0.125. The van der Waals surface area contributed by atoms with Crippen LogP contribution in [-0.2, 0) is 19.6 Å². The number of ether oxygens (including phenoxy) is 1. The Morgan fingerprint density at radius 1 is 1.12 bits per heavy atom. The average Bonchev–Trinajstić information content (AvgIpc) is 2.60. The van der Waals surface area contributed by atoms with Gasteiger partial charge in [0.25, 0.3) is 0 Å². The first-order valence-electron chi connectivity index (χ1n) is 7.06. The van der Waals surface area contributed by atoms with Crippen molar-refractivity contribution < 1.29 is 22.7 Å². The zero-order valence-electron chi connectivity index (χ0n) is 13.2. The van der Waals surface area contributed by atoms with E-state index in [1.165, 1.54) is 43.5 Å². The Morgan fingerprint density at radius 2 is 1.84 bits per heavy atom. The first-order chi connectivity index (χ1) is 11.8. The predicted octanol–water partition coefficient (Wildman–Crippen LogP) is 2.04. The molecule has 0 unspecified atom stereocenters. The number of para-hydroxylation sites is 1. The van der Waals surface area contributed by atoms with Crippen molar-refractivity contribution in [2.75, 3.05) is 19.0 Å². The van der Waals surface area contributed by atoms with Gasteiger partial charge in [-0.25, -0.2) is 17.9 Å². The van der Waals surface area contributed by atoms with E-state index in [2.05, 4.69) is 14.8 Å². The maximum Gasteiger partial charge on any atom is 0.339 e. The van der Waals surface area contributed by atoms with Crippen LogP contribution in [0.25, 0.3) is 0 Å². The molecule has 0 heterocycles. The van der Waals surface area contributed by atoms with Crippen molar-refractivity contribution >= 4 is 39.2 Å². The predicted molar refractivity (Wildman–Crippen MR) is 93.1 cm³/mol. The molecule has 0 radical (unpaired) electrons. The lowest BCUT2D eigenvalue weighted by Gasteiger charge is -2.10. The molecule has 7 nitrogen and oxygen atoms in total. The Morgan fingerprint density at radius 3 is 2.52 bits per heavy atom. The molecular formula is C16H15ClN2O5S. The molecular weight excluding hydrogens is 368 g/mol. The highest BCUT2D eigenvalue weighted by Crippen LogP contribution is 2.17. The number of methoxy groups -OCH3 is 1. The molecule has 0 aliphatic carbocycles. The van der Waals surface area contributed by atoms with Crippen LogP contribution in [-0.4, -0.2) is 33.9 Å². The Labute approximate surface area is 150 Å². The van der Waals surface area contributed by atoms with Crippen LogP contribution in [0.15, 0.2) is 53.4 Å². The van der Waals surface area contributed by atoms with Gasteiger partial charge in [0.2, 0.25) is 15.9 Å². The van der Waals surface area contributed by atoms with Gasteiger partial charge in [-0.1, -0.05) is 29.8 Å². The van der Waals surface area contributed by atoms with Crippen LogP contribution in [0, 0.1) is 0 Å². The lowest BCUT2D eigenvalue weighted by molar-refractivity contribution is -0.115. The summed E-state index contributed by atoms with van der Waals surface area (Å²) in [5.41, 5.74) is 0.386. The SMILES string of the molecule is COC(=O)c1ccccc1NC(=O)CNS(=O)(=O)c1cccc(Cl)c1. The fourth-order valence-corrected chi connectivity index (χ4v) is 3.24. The first-order valence-corrected chi connectivity index (χ1v) is 8.92. The van der Waals surface area contributed by atoms with Gasteiger partial charge in [0.15, 0.2) is 0 Å². The van der Waals surface area contributed by atoms with Crippen molar-refractivity contribution in [1.82, 2.24) is 4.72 Å². The summed E-state index contributed by atoms with van der Waals surface area (Å²) >= 11 is 5.77. The molecule has 0 atom stereocenters. The lowest BCUT2D eigenvalue weighted by Crippen LogP contribution is -2.33. The molecule has 0 bridgehead atoms. The van der Waals surface area contributed by atoms with E-state index in [9.17, 15) is 18.0 Å². The quantitative estimate of drug-likeness (QED) is 0.744. The number of carbonyl (C=O) groups excluding carboxylic acids is 2. The molecule has 0 aliphatic heterocycles. The van der Waals surface area contributed by atoms with Gasteiger partial charge in [-0.05, 0) is 30.3 Å². The van der Waals surface area contributed by atoms with Crippen LogP contribution < -0.4 is 10.0 Å². The number of esters is 1. The minimum Gasteiger partial charge on any atom is -0.465 e. The molecule has 0 saturated carbocycles. The third-order valence-electron chi connectivity index (χ3n) is 3.14. The topological polar surface area (TPSA) is 102 Å². The van der Waals surface area contributed by atoms with Crippen molar-refractivity contribution in [1.29, 1.82) is 0 Å². The summed E-state index contributed by atoms with van der Waals surface area (Å²) in [5.74, 6) is -1.25. The van der Waals surface area contributed by atoms with E-state index in [-0.39, 0.29) is 21.2 Å². The molecule has 132 valence electrons. The molecule has 1 amide bonds. The molecule has 0 fully saturated rings. The molecule has 2 aromatic rings. The monoisotopic (exact) mass is 382 g/mol. The van der Waals surface area contributed by atoms with Crippen molar-refractivity contribution in [3.8, 4) is 0 Å². The van der Waals surface area contributed by atoms with Crippen LogP contribution in [0.4, 0.5) is 5.69 Å². The van der Waals surface area contributed by atoms with Crippen LogP contribution >= 0.6 is 11.6 Å². The Bertz CT molecular complexity index is 899. The number of benzene rings is 2. The molecule has 2 N–H and O–H groups in total. The Balaban J connectivity index is 2.05. The van der Waals surface area contributed by atoms with E-state index in [4.69, 9.17) is 11.6 Å². The lowest BCUT2D eigenvalue weighted by atomic mass is 10.2. The third-order valence-corrected chi connectivity index (χ3v) is 4.77. The van der Waals surface area contributed by atoms with Crippen molar-refractivity contribution in [2.24, 2.45) is 0 Å². The fourth-order valence-electron chi connectivity index (χ4n) is 1.95. The maximum absolute atomic E-state index is 12.1. The zero-order chi connectivity index (χ0) is 18.4. The minimum absolute atomic E-state index is 0.0530. The van der Waals surface area contributed by atoms with E-state index >= 15 is 0 Å². The second-order valence-corrected chi connectivity index (χ2v) is 7.07. The van der Waals surface area contributed by atoms with Crippen LogP contribution in [0.5, 0.6) is 0 Å². The summed E-state index contributed by atoms with van der Waals surface area (Å²) in [7, 11) is -2.67. The standard InChI is InChI=1S/C16H15ClN2O5S/c1-24-16(21)13-7-2-3-8-14(13)19-15(20)10-18-25(22,23)12-6-4-5-11(17)9-12/h2-9,18H,10H2,1H3,(H,19,20). The average molecular weight is 383 g/mol. The van der Waals surface area contributed by atoms with Gasteiger partial charge in [0.05, 0.1) is 29.8 Å². The zero-order valence-corrected chi connectivity index (χ0v) is 14.7. The van der Waals surface area contributed by atoms with Gasteiger partial charge in [-0.3, -0.25) is 4.79 Å². The number of sulfonamides is 1. The summed E-state index contributed by atoms with van der Waals surface area (Å²) in [6, 6.07) is 11.9. The highest BCUT2D eigenvalue weighted by molar-refractivity contribution is 7.89. The summed E-state index contributed by atoms with van der Waals surface area (Å²) in [6.07, 6.45) is 0. The number of rotatable bonds is 6. The van der Waals surface area contributed by atoms with E-state index in [0.717, 1.165) is 0 Å². The van der Waals surface area contributed by atoms with E-state index in [1.807, 2.05) is 0 Å². The summed E-state index contributed by atoms with van der Waals surface area (Å²) < 4.78 is 31.1. The Kier molecular flexibility index (Phi) is 6.13. The molecule has 2 aromatic carbocycles. The number of halogens is 1. The molecule has 0 aromatic heterocycles. The third kappa shape index (κ3) is 5.02. The second kappa shape index (κ2) is 8.11. The van der Waals surface area contributed by atoms with Crippen molar-refractivity contribution in [2.45, 2.75) is 4.90 Å². The summed E-state index contributed by atoms with van der Waals surface area (Å²) in [6.45, 7) is -0.510. The Hall–Kier alpha value is -2.42. The maximum atomic E-state index is 12.1. The number of amides is 1. The molecule has 25 heavy (non-hydrogen) atoms. The van der Waals surface area contributed by atoms with E-state index < -0.39 is 28.4 Å². The van der Waals surface area contributed by atoms with Crippen LogP contribution in [0.2, 0.25) is 5.02 Å². The first kappa shape index (κ1) is 18.9. The molecule has 2 rings (SSSR count). The number of hydrogen-bond acceptors (Lipinski definition) is 5. The minimum atomic E-state index is -3.89. The summed E-state index contributed by atoms with van der Waals surface area (Å²) in [4.78, 5) is 23.6. The normalized spacial score (nSPS) is 11.0. The number of anilines is 1. The smallest absolute Gasteiger partial charge is 0.339 e. The van der Waals surface area contributed by atoms with Gasteiger partial charge in [-0.2, -0.15) is 0 Å². The van der Waals surface area contributed by atoms with Crippen molar-refractivity contribution in [3.05, 3.63) is 59.1 Å². The number of hydrogen-bond donors (Lipinski definition) is 2. The van der Waals surface area contributed by atoms with Gasteiger partial charge < -0.3 is 10.1 Å². The second-order valence-electron chi connectivity index (χ2n) is 4.87. The van der Waals surface area contributed by atoms with Gasteiger partial charge in [0, 0.05) is 5.02 Å². The largest absolute Gasteiger partial charge is 0.465 e. The molecule has 0 saturated heterocycles. The number of carbonyl (C=O) groups is 2. The van der Waals surface area contributed by atoms with Crippen molar-refractivity contribution in [3.63, 3.8) is 0 Å². The van der Waals surface area contributed by atoms with Gasteiger partial charge in [0.1, 0.15) is 0 Å². The molecule has 0 aliphatic rings. The highest BCUT2D eigenvalue weighted by atomic mass is 35.5. The van der Waals surface area contributed by atoms with E-state index in [1.54, 1.807) is 12.1 Å². The summed E-state index contributed by atoms with van der Waals surface area (Å²) in [5, 5.41) is 2.73. The van der Waals surface area contributed by atoms with Crippen LogP contribution in [0.1, 0.15) is 10.4 Å². The highest BCUT2D eigenvalue weighted by Gasteiger charge is 2.17. The number of nitrogens with one attached hydrogen (secondary N) is 2.